The van der Waals surface area contributed by atoms with Gasteiger partial charge in [-0.25, -0.2) is 0 Å². The average molecular weight is 334 g/mol. The lowest BCUT2D eigenvalue weighted by atomic mass is 10.2. The summed E-state index contributed by atoms with van der Waals surface area (Å²) >= 11 is 5.88. The number of benzene rings is 2. The molecule has 0 aliphatic rings. The second kappa shape index (κ2) is 7.65. The molecule has 0 aliphatic heterocycles. The quantitative estimate of drug-likeness (QED) is 0.821. The predicted octanol–water partition coefficient (Wildman–Crippen LogP) is 3.57. The molecular formula is C17H16ClNO4. The molecule has 6 heteroatoms. The van der Waals surface area contributed by atoms with Crippen LogP contribution in [0.4, 0.5) is 5.69 Å². The Labute approximate surface area is 139 Å². The van der Waals surface area contributed by atoms with E-state index in [1.54, 1.807) is 43.3 Å². The Kier molecular flexibility index (Phi) is 5.60. The molecule has 2 aromatic rings. The van der Waals surface area contributed by atoms with Crippen molar-refractivity contribution in [3.05, 3.63) is 53.1 Å². The van der Waals surface area contributed by atoms with Crippen molar-refractivity contribution >= 4 is 29.5 Å². The van der Waals surface area contributed by atoms with Crippen molar-refractivity contribution in [3.8, 4) is 11.5 Å². The standard InChI is InChI=1S/C17H16ClNO4/c1-11(17(21)19-14-5-3-4-13(18)9-14)23-16-8-12(10-20)6-7-15(16)22-2/h3-11H,1-2H3,(H,19,21)/t11-/m0/s1. The van der Waals surface area contributed by atoms with Gasteiger partial charge in [-0.3, -0.25) is 9.59 Å². The van der Waals surface area contributed by atoms with Crippen LogP contribution in [0.3, 0.4) is 0 Å². The number of methoxy groups -OCH3 is 1. The van der Waals surface area contributed by atoms with Gasteiger partial charge < -0.3 is 14.8 Å². The van der Waals surface area contributed by atoms with Gasteiger partial charge in [-0.15, -0.1) is 0 Å². The lowest BCUT2D eigenvalue weighted by Gasteiger charge is -2.17. The molecule has 0 fully saturated rings. The Morgan fingerprint density at radius 1 is 1.22 bits per heavy atom. The Balaban J connectivity index is 2.10. The van der Waals surface area contributed by atoms with Crippen LogP contribution in [-0.2, 0) is 4.79 Å². The highest BCUT2D eigenvalue weighted by Gasteiger charge is 2.17. The van der Waals surface area contributed by atoms with E-state index < -0.39 is 6.10 Å². The number of aldehydes is 1. The number of ether oxygens (including phenoxy) is 2. The lowest BCUT2D eigenvalue weighted by Crippen LogP contribution is -2.30. The molecule has 1 amide bonds. The largest absolute Gasteiger partial charge is 0.493 e. The molecule has 1 atom stereocenters. The maximum absolute atomic E-state index is 12.2. The minimum absolute atomic E-state index is 0.325. The zero-order valence-corrected chi connectivity index (χ0v) is 13.5. The van der Waals surface area contributed by atoms with Crippen LogP contribution in [0, 0.1) is 0 Å². The number of hydrogen-bond acceptors (Lipinski definition) is 4. The van der Waals surface area contributed by atoms with E-state index in [0.29, 0.717) is 34.1 Å². The molecule has 0 aromatic heterocycles. The Morgan fingerprint density at radius 2 is 2.00 bits per heavy atom. The van der Waals surface area contributed by atoms with Crippen LogP contribution in [0.5, 0.6) is 11.5 Å². The van der Waals surface area contributed by atoms with Crippen LogP contribution in [-0.4, -0.2) is 25.4 Å². The Hall–Kier alpha value is -2.53. The van der Waals surface area contributed by atoms with Gasteiger partial charge in [-0.05, 0) is 43.3 Å². The van der Waals surface area contributed by atoms with Crippen LogP contribution >= 0.6 is 11.6 Å². The van der Waals surface area contributed by atoms with Crippen molar-refractivity contribution in [2.75, 3.05) is 12.4 Å². The molecule has 0 heterocycles. The smallest absolute Gasteiger partial charge is 0.265 e. The Morgan fingerprint density at radius 3 is 2.65 bits per heavy atom. The molecule has 0 spiro atoms. The predicted molar refractivity (Wildman–Crippen MR) is 88.6 cm³/mol. The van der Waals surface area contributed by atoms with Gasteiger partial charge in [0.1, 0.15) is 6.29 Å². The molecular weight excluding hydrogens is 318 g/mol. The topological polar surface area (TPSA) is 64.6 Å². The van der Waals surface area contributed by atoms with Crippen molar-refractivity contribution in [2.24, 2.45) is 0 Å². The highest BCUT2D eigenvalue weighted by atomic mass is 35.5. The van der Waals surface area contributed by atoms with E-state index in [4.69, 9.17) is 21.1 Å². The normalized spacial score (nSPS) is 11.4. The lowest BCUT2D eigenvalue weighted by molar-refractivity contribution is -0.122. The fraction of sp³-hybridized carbons (Fsp3) is 0.176. The maximum Gasteiger partial charge on any atom is 0.265 e. The van der Waals surface area contributed by atoms with E-state index in [-0.39, 0.29) is 5.91 Å². The summed E-state index contributed by atoms with van der Waals surface area (Å²) in [6.45, 7) is 1.60. The molecule has 2 aromatic carbocycles. The summed E-state index contributed by atoms with van der Waals surface area (Å²) in [7, 11) is 1.49. The highest BCUT2D eigenvalue weighted by molar-refractivity contribution is 6.30. The Bertz CT molecular complexity index is 717. The number of carbonyl (C=O) groups is 2. The summed E-state index contributed by atoms with van der Waals surface area (Å²) in [5.41, 5.74) is 1.01. The van der Waals surface area contributed by atoms with Crippen LogP contribution in [0.1, 0.15) is 17.3 Å². The summed E-state index contributed by atoms with van der Waals surface area (Å²) in [5, 5.41) is 3.23. The van der Waals surface area contributed by atoms with Crippen molar-refractivity contribution in [1.29, 1.82) is 0 Å². The molecule has 0 unspecified atom stereocenters. The third-order valence-electron chi connectivity index (χ3n) is 3.09. The van der Waals surface area contributed by atoms with Crippen molar-refractivity contribution in [3.63, 3.8) is 0 Å². The second-order valence-electron chi connectivity index (χ2n) is 4.79. The molecule has 120 valence electrons. The number of rotatable bonds is 6. The highest BCUT2D eigenvalue weighted by Crippen LogP contribution is 2.28. The SMILES string of the molecule is COc1ccc(C=O)cc1O[C@@H](C)C(=O)Nc1cccc(Cl)c1. The molecule has 0 aliphatic carbocycles. The van der Waals surface area contributed by atoms with E-state index in [1.165, 1.54) is 13.2 Å². The zero-order valence-electron chi connectivity index (χ0n) is 12.7. The first-order chi connectivity index (χ1) is 11.0. The van der Waals surface area contributed by atoms with Crippen molar-refractivity contribution in [2.45, 2.75) is 13.0 Å². The summed E-state index contributed by atoms with van der Waals surface area (Å²) in [6, 6.07) is 11.6. The van der Waals surface area contributed by atoms with Gasteiger partial charge in [0.05, 0.1) is 7.11 Å². The van der Waals surface area contributed by atoms with E-state index in [1.807, 2.05) is 0 Å². The molecule has 1 N–H and O–H groups in total. The second-order valence-corrected chi connectivity index (χ2v) is 5.22. The van der Waals surface area contributed by atoms with Crippen molar-refractivity contribution < 1.29 is 19.1 Å². The molecule has 0 radical (unpaired) electrons. The van der Waals surface area contributed by atoms with Gasteiger partial charge in [-0.2, -0.15) is 0 Å². The van der Waals surface area contributed by atoms with Gasteiger partial charge in [0, 0.05) is 16.3 Å². The van der Waals surface area contributed by atoms with E-state index >= 15 is 0 Å². The first-order valence-electron chi connectivity index (χ1n) is 6.90. The van der Waals surface area contributed by atoms with Crippen LogP contribution in [0.2, 0.25) is 5.02 Å². The number of carbonyl (C=O) groups excluding carboxylic acids is 2. The van der Waals surface area contributed by atoms with Crippen molar-refractivity contribution in [1.82, 2.24) is 0 Å². The van der Waals surface area contributed by atoms with Gasteiger partial charge >= 0.3 is 0 Å². The summed E-state index contributed by atoms with van der Waals surface area (Å²) in [4.78, 5) is 23.1. The monoisotopic (exact) mass is 333 g/mol. The van der Waals surface area contributed by atoms with Gasteiger partial charge in [-0.1, -0.05) is 17.7 Å². The van der Waals surface area contributed by atoms with E-state index in [9.17, 15) is 9.59 Å². The molecule has 2 rings (SSSR count). The van der Waals surface area contributed by atoms with E-state index in [2.05, 4.69) is 5.32 Å². The molecule has 5 nitrogen and oxygen atoms in total. The average Bonchev–Trinajstić information content (AvgIpc) is 2.54. The number of halogens is 1. The maximum atomic E-state index is 12.2. The summed E-state index contributed by atoms with van der Waals surface area (Å²) in [5.74, 6) is 0.426. The third-order valence-corrected chi connectivity index (χ3v) is 3.32. The summed E-state index contributed by atoms with van der Waals surface area (Å²) < 4.78 is 10.8. The zero-order chi connectivity index (χ0) is 16.8. The fourth-order valence-corrected chi connectivity index (χ4v) is 2.10. The van der Waals surface area contributed by atoms with Gasteiger partial charge in [0.2, 0.25) is 0 Å². The minimum Gasteiger partial charge on any atom is -0.493 e. The number of anilines is 1. The number of nitrogens with one attached hydrogen (secondary N) is 1. The number of hydrogen-bond donors (Lipinski definition) is 1. The minimum atomic E-state index is -0.787. The van der Waals surface area contributed by atoms with Gasteiger partial charge in [0.25, 0.3) is 5.91 Å². The fourth-order valence-electron chi connectivity index (χ4n) is 1.91. The van der Waals surface area contributed by atoms with Crippen LogP contribution in [0.25, 0.3) is 0 Å². The molecule has 0 bridgehead atoms. The molecule has 23 heavy (non-hydrogen) atoms. The van der Waals surface area contributed by atoms with E-state index in [0.717, 1.165) is 0 Å². The van der Waals surface area contributed by atoms with Gasteiger partial charge in [0.15, 0.2) is 17.6 Å². The molecule has 0 saturated carbocycles. The first-order valence-corrected chi connectivity index (χ1v) is 7.27. The van der Waals surface area contributed by atoms with Crippen LogP contribution in [0.15, 0.2) is 42.5 Å². The summed E-state index contributed by atoms with van der Waals surface area (Å²) in [6.07, 6.45) is -0.0898. The van der Waals surface area contributed by atoms with Crippen LogP contribution < -0.4 is 14.8 Å². The first kappa shape index (κ1) is 16.8. The third kappa shape index (κ3) is 4.47. The molecule has 0 saturated heterocycles. The number of amides is 1.